The lowest BCUT2D eigenvalue weighted by Crippen LogP contribution is -2.46. The lowest BCUT2D eigenvalue weighted by Gasteiger charge is -2.31. The molecule has 0 aromatic heterocycles. The van der Waals surface area contributed by atoms with Gasteiger partial charge in [0.05, 0.1) is 11.3 Å². The van der Waals surface area contributed by atoms with Crippen LogP contribution in [0.25, 0.3) is 0 Å². The second-order valence-corrected chi connectivity index (χ2v) is 4.35. The molecule has 0 aliphatic carbocycles. The van der Waals surface area contributed by atoms with Crippen molar-refractivity contribution < 1.29 is 22.7 Å². The molecule has 0 unspecified atom stereocenters. The van der Waals surface area contributed by atoms with Crippen LogP contribution in [0.1, 0.15) is 19.4 Å². The summed E-state index contributed by atoms with van der Waals surface area (Å²) in [4.78, 5) is 11.5. The molecule has 1 aliphatic heterocycles. The number of carbonyl (C=O) groups excluding carboxylic acids is 1. The first-order valence-corrected chi connectivity index (χ1v) is 4.92. The van der Waals surface area contributed by atoms with Crippen LogP contribution in [0, 0.1) is 0 Å². The molecule has 0 bridgehead atoms. The number of hydrogen-bond donors (Lipinski definition) is 1. The summed E-state index contributed by atoms with van der Waals surface area (Å²) in [7, 11) is 0. The first-order valence-electron chi connectivity index (χ1n) is 4.92. The molecule has 1 heterocycles. The summed E-state index contributed by atoms with van der Waals surface area (Å²) in [5.74, 6) is -0.700. The van der Waals surface area contributed by atoms with Crippen molar-refractivity contribution in [2.75, 3.05) is 5.32 Å². The molecule has 2 rings (SSSR count). The molecule has 0 saturated heterocycles. The molecule has 0 radical (unpaired) electrons. The van der Waals surface area contributed by atoms with Crippen LogP contribution < -0.4 is 10.1 Å². The first-order chi connectivity index (χ1) is 7.70. The maximum absolute atomic E-state index is 12.4. The fraction of sp³-hybridized carbons (Fsp3) is 0.364. The summed E-state index contributed by atoms with van der Waals surface area (Å²) >= 11 is 0. The first kappa shape index (κ1) is 11.8. The summed E-state index contributed by atoms with van der Waals surface area (Å²) in [5.41, 5.74) is -1.40. The predicted molar refractivity (Wildman–Crippen MR) is 54.8 cm³/mol. The molecule has 92 valence electrons. The number of alkyl halides is 3. The third kappa shape index (κ3) is 2.07. The fourth-order valence-electron chi connectivity index (χ4n) is 1.50. The second kappa shape index (κ2) is 3.38. The van der Waals surface area contributed by atoms with Crippen molar-refractivity contribution in [1.82, 2.24) is 0 Å². The molecule has 0 amide bonds. The quantitative estimate of drug-likeness (QED) is 0.564. The Hall–Kier alpha value is -1.72. The summed E-state index contributed by atoms with van der Waals surface area (Å²) in [6.07, 6.45) is -4.45. The van der Waals surface area contributed by atoms with Crippen molar-refractivity contribution in [1.29, 1.82) is 0 Å². The Bertz CT molecular complexity index is 480. The molecule has 6 heteroatoms. The molecule has 0 spiro atoms. The SMILES string of the molecule is CC1(C)Nc2ccc(C(F)(F)F)cc2OC1=O. The number of halogens is 3. The van der Waals surface area contributed by atoms with Gasteiger partial charge < -0.3 is 10.1 Å². The molecule has 3 nitrogen and oxygen atoms in total. The minimum absolute atomic E-state index is 0.0934. The van der Waals surface area contributed by atoms with E-state index < -0.39 is 23.2 Å². The molecule has 0 fully saturated rings. The van der Waals surface area contributed by atoms with Crippen LogP contribution in [-0.4, -0.2) is 11.5 Å². The largest absolute Gasteiger partial charge is 0.423 e. The minimum atomic E-state index is -4.45. The Morgan fingerprint density at radius 2 is 1.94 bits per heavy atom. The van der Waals surface area contributed by atoms with Gasteiger partial charge in [-0.05, 0) is 32.0 Å². The maximum atomic E-state index is 12.4. The van der Waals surface area contributed by atoms with Crippen LogP contribution in [0.2, 0.25) is 0 Å². The number of esters is 1. The van der Waals surface area contributed by atoms with Gasteiger partial charge in [0, 0.05) is 0 Å². The zero-order chi connectivity index (χ0) is 12.8. The van der Waals surface area contributed by atoms with Crippen molar-refractivity contribution in [3.8, 4) is 5.75 Å². The maximum Gasteiger partial charge on any atom is 0.416 e. The Kier molecular flexibility index (Phi) is 2.34. The van der Waals surface area contributed by atoms with E-state index in [1.165, 1.54) is 6.07 Å². The average molecular weight is 245 g/mol. The molecular formula is C11H10F3NO2. The third-order valence-corrected chi connectivity index (χ3v) is 2.47. The van der Waals surface area contributed by atoms with E-state index in [9.17, 15) is 18.0 Å². The van der Waals surface area contributed by atoms with E-state index in [2.05, 4.69) is 5.32 Å². The smallest absolute Gasteiger partial charge is 0.416 e. The van der Waals surface area contributed by atoms with Crippen LogP contribution in [0.4, 0.5) is 18.9 Å². The van der Waals surface area contributed by atoms with E-state index in [0.717, 1.165) is 12.1 Å². The van der Waals surface area contributed by atoms with E-state index in [1.54, 1.807) is 13.8 Å². The predicted octanol–water partition coefficient (Wildman–Crippen LogP) is 2.81. The molecule has 17 heavy (non-hydrogen) atoms. The molecular weight excluding hydrogens is 235 g/mol. The topological polar surface area (TPSA) is 38.3 Å². The van der Waals surface area contributed by atoms with Gasteiger partial charge in [-0.1, -0.05) is 0 Å². The highest BCUT2D eigenvalue weighted by atomic mass is 19.4. The van der Waals surface area contributed by atoms with Crippen LogP contribution in [0.3, 0.4) is 0 Å². The van der Waals surface area contributed by atoms with Crippen LogP contribution >= 0.6 is 0 Å². The summed E-state index contributed by atoms with van der Waals surface area (Å²) in [6.45, 7) is 3.19. The van der Waals surface area contributed by atoms with Gasteiger partial charge in [-0.2, -0.15) is 13.2 Å². The highest BCUT2D eigenvalue weighted by Crippen LogP contribution is 2.38. The van der Waals surface area contributed by atoms with Gasteiger partial charge in [0.25, 0.3) is 0 Å². The van der Waals surface area contributed by atoms with Gasteiger partial charge in [0.1, 0.15) is 5.54 Å². The standard InChI is InChI=1S/C11H10F3NO2/c1-10(2)9(16)17-8-5-6(11(12,13)14)3-4-7(8)15-10/h3-5,15H,1-2H3. The second-order valence-electron chi connectivity index (χ2n) is 4.35. The van der Waals surface area contributed by atoms with E-state index in [0.29, 0.717) is 5.69 Å². The molecule has 1 aromatic rings. The van der Waals surface area contributed by atoms with Crippen molar-refractivity contribution in [3.05, 3.63) is 23.8 Å². The number of anilines is 1. The Balaban J connectivity index is 2.43. The van der Waals surface area contributed by atoms with Crippen molar-refractivity contribution in [2.24, 2.45) is 0 Å². The Morgan fingerprint density at radius 1 is 1.29 bits per heavy atom. The van der Waals surface area contributed by atoms with E-state index in [4.69, 9.17) is 4.74 Å². The van der Waals surface area contributed by atoms with Gasteiger partial charge in [-0.3, -0.25) is 0 Å². The molecule has 1 aliphatic rings. The minimum Gasteiger partial charge on any atom is -0.423 e. The van der Waals surface area contributed by atoms with Crippen molar-refractivity contribution >= 4 is 11.7 Å². The van der Waals surface area contributed by atoms with Gasteiger partial charge >= 0.3 is 12.1 Å². The monoisotopic (exact) mass is 245 g/mol. The highest BCUT2D eigenvalue weighted by Gasteiger charge is 2.37. The summed E-state index contributed by atoms with van der Waals surface area (Å²) < 4.78 is 42.2. The fourth-order valence-corrected chi connectivity index (χ4v) is 1.50. The number of hydrogen-bond acceptors (Lipinski definition) is 3. The average Bonchev–Trinajstić information content (AvgIpc) is 2.17. The van der Waals surface area contributed by atoms with Gasteiger partial charge in [-0.25, -0.2) is 4.79 Å². The summed E-state index contributed by atoms with van der Waals surface area (Å²) in [6, 6.07) is 3.02. The van der Waals surface area contributed by atoms with Crippen molar-refractivity contribution in [2.45, 2.75) is 25.6 Å². The number of ether oxygens (including phenoxy) is 1. The van der Waals surface area contributed by atoms with Crippen LogP contribution in [0.15, 0.2) is 18.2 Å². The number of fused-ring (bicyclic) bond motifs is 1. The van der Waals surface area contributed by atoms with Gasteiger partial charge in [-0.15, -0.1) is 0 Å². The Labute approximate surface area is 95.6 Å². The van der Waals surface area contributed by atoms with Crippen molar-refractivity contribution in [3.63, 3.8) is 0 Å². The van der Waals surface area contributed by atoms with Crippen LogP contribution in [-0.2, 0) is 11.0 Å². The normalized spacial score (nSPS) is 18.1. The number of nitrogens with one attached hydrogen (secondary N) is 1. The Morgan fingerprint density at radius 3 is 2.53 bits per heavy atom. The van der Waals surface area contributed by atoms with Gasteiger partial charge in [0.2, 0.25) is 0 Å². The zero-order valence-electron chi connectivity index (χ0n) is 9.18. The highest BCUT2D eigenvalue weighted by molar-refractivity contribution is 5.90. The number of carbonyl (C=O) groups is 1. The van der Waals surface area contributed by atoms with E-state index >= 15 is 0 Å². The number of benzene rings is 1. The lowest BCUT2D eigenvalue weighted by atomic mass is 10.0. The zero-order valence-corrected chi connectivity index (χ0v) is 9.18. The van der Waals surface area contributed by atoms with Crippen LogP contribution in [0.5, 0.6) is 5.75 Å². The molecule has 1 aromatic carbocycles. The third-order valence-electron chi connectivity index (χ3n) is 2.47. The number of rotatable bonds is 0. The molecule has 0 atom stereocenters. The van der Waals surface area contributed by atoms with Gasteiger partial charge in [0.15, 0.2) is 5.75 Å². The van der Waals surface area contributed by atoms with E-state index in [-0.39, 0.29) is 5.75 Å². The molecule has 0 saturated carbocycles. The lowest BCUT2D eigenvalue weighted by molar-refractivity contribution is -0.141. The summed E-state index contributed by atoms with van der Waals surface area (Å²) in [5, 5.41) is 2.82. The van der Waals surface area contributed by atoms with E-state index in [1.807, 2.05) is 0 Å². The molecule has 1 N–H and O–H groups in total.